The Kier molecular flexibility index (Phi) is 4.10. The van der Waals surface area contributed by atoms with Gasteiger partial charge in [0.1, 0.15) is 11.5 Å². The lowest BCUT2D eigenvalue weighted by Gasteiger charge is -2.08. The Hall–Kier alpha value is -2.40. The number of hydrogen-bond donors (Lipinski definition) is 2. The Labute approximate surface area is 110 Å². The molecule has 2 N–H and O–H groups in total. The molecular formula is C14H14N2O3. The maximum absolute atomic E-state index is 11.7. The highest BCUT2D eigenvalue weighted by Crippen LogP contribution is 2.11. The van der Waals surface area contributed by atoms with Crippen LogP contribution in [0.5, 0.6) is 0 Å². The fourth-order valence-electron chi connectivity index (χ4n) is 1.53. The molecule has 0 aliphatic heterocycles. The van der Waals surface area contributed by atoms with Crippen molar-refractivity contribution in [2.24, 2.45) is 5.10 Å². The van der Waals surface area contributed by atoms with Gasteiger partial charge in [-0.15, -0.1) is 0 Å². The van der Waals surface area contributed by atoms with E-state index < -0.39 is 12.0 Å². The van der Waals surface area contributed by atoms with E-state index in [1.807, 2.05) is 6.07 Å². The Morgan fingerprint density at radius 1 is 1.26 bits per heavy atom. The molecule has 1 aromatic heterocycles. The van der Waals surface area contributed by atoms with Gasteiger partial charge >= 0.3 is 0 Å². The van der Waals surface area contributed by atoms with E-state index in [0.29, 0.717) is 17.0 Å². The molecule has 2 aromatic rings. The number of carbonyl (C=O) groups is 1. The molecule has 5 nitrogen and oxygen atoms in total. The van der Waals surface area contributed by atoms with Crippen LogP contribution in [0.3, 0.4) is 0 Å². The summed E-state index contributed by atoms with van der Waals surface area (Å²) in [7, 11) is 0. The van der Waals surface area contributed by atoms with Gasteiger partial charge < -0.3 is 9.52 Å². The molecule has 1 atom stereocenters. The average molecular weight is 258 g/mol. The molecule has 1 amide bonds. The summed E-state index contributed by atoms with van der Waals surface area (Å²) in [5.41, 5.74) is 3.35. The summed E-state index contributed by atoms with van der Waals surface area (Å²) in [5, 5.41) is 13.7. The van der Waals surface area contributed by atoms with Crippen molar-refractivity contribution in [2.45, 2.75) is 13.0 Å². The second kappa shape index (κ2) is 5.97. The van der Waals surface area contributed by atoms with Crippen molar-refractivity contribution in [1.29, 1.82) is 0 Å². The molecule has 0 aliphatic carbocycles. The minimum atomic E-state index is -1.24. The molecule has 1 aromatic carbocycles. The van der Waals surface area contributed by atoms with Gasteiger partial charge in [-0.3, -0.25) is 4.79 Å². The van der Waals surface area contributed by atoms with E-state index in [-0.39, 0.29) is 0 Å². The number of amides is 1. The number of nitrogens with zero attached hydrogens (tertiary/aromatic N) is 1. The van der Waals surface area contributed by atoms with Crippen LogP contribution in [-0.4, -0.2) is 16.7 Å². The zero-order valence-electron chi connectivity index (χ0n) is 10.4. The fourth-order valence-corrected chi connectivity index (χ4v) is 1.53. The van der Waals surface area contributed by atoms with E-state index in [1.54, 1.807) is 43.3 Å². The molecule has 0 unspecified atom stereocenters. The van der Waals surface area contributed by atoms with Crippen LogP contribution in [0.4, 0.5) is 0 Å². The first-order chi connectivity index (χ1) is 9.18. The van der Waals surface area contributed by atoms with Gasteiger partial charge in [-0.25, -0.2) is 5.43 Å². The maximum atomic E-state index is 11.7. The molecule has 0 saturated heterocycles. The van der Waals surface area contributed by atoms with Gasteiger partial charge in [0.2, 0.25) is 0 Å². The first kappa shape index (κ1) is 13.0. The van der Waals surface area contributed by atoms with E-state index in [2.05, 4.69) is 10.5 Å². The summed E-state index contributed by atoms with van der Waals surface area (Å²) in [6.07, 6.45) is 0.281. The standard InChI is InChI=1S/C14H14N2O3/c1-10(12-8-5-9-19-12)15-16-14(18)13(17)11-6-3-2-4-7-11/h2-9,13,17H,1H3,(H,16,18)/b15-10-/t13-/m0/s1. The second-order valence-corrected chi connectivity index (χ2v) is 3.96. The Morgan fingerprint density at radius 2 is 2.00 bits per heavy atom. The predicted octanol–water partition coefficient (Wildman–Crippen LogP) is 1.85. The Morgan fingerprint density at radius 3 is 2.63 bits per heavy atom. The van der Waals surface area contributed by atoms with Crippen molar-refractivity contribution >= 4 is 11.6 Å². The molecule has 2 rings (SSSR count). The number of hydrogen-bond acceptors (Lipinski definition) is 4. The number of carbonyl (C=O) groups excluding carboxylic acids is 1. The van der Waals surface area contributed by atoms with Crippen LogP contribution < -0.4 is 5.43 Å². The summed E-state index contributed by atoms with van der Waals surface area (Å²) < 4.78 is 5.13. The van der Waals surface area contributed by atoms with Gasteiger partial charge in [-0.2, -0.15) is 5.10 Å². The molecule has 19 heavy (non-hydrogen) atoms. The SMILES string of the molecule is C/C(=N/NC(=O)[C@@H](O)c1ccccc1)c1ccco1. The molecule has 0 aliphatic rings. The van der Waals surface area contributed by atoms with Crippen LogP contribution in [0.1, 0.15) is 24.4 Å². The molecule has 5 heteroatoms. The number of aliphatic hydroxyl groups excluding tert-OH is 1. The molecule has 0 radical (unpaired) electrons. The highest BCUT2D eigenvalue weighted by Gasteiger charge is 2.16. The molecule has 1 heterocycles. The van der Waals surface area contributed by atoms with E-state index >= 15 is 0 Å². The maximum Gasteiger partial charge on any atom is 0.273 e. The summed E-state index contributed by atoms with van der Waals surface area (Å²) in [6, 6.07) is 12.1. The van der Waals surface area contributed by atoms with Crippen molar-refractivity contribution in [3.8, 4) is 0 Å². The number of benzene rings is 1. The second-order valence-electron chi connectivity index (χ2n) is 3.96. The third-order valence-electron chi connectivity index (χ3n) is 2.58. The van der Waals surface area contributed by atoms with Crippen LogP contribution in [0, 0.1) is 0 Å². The normalized spacial score (nSPS) is 13.1. The van der Waals surface area contributed by atoms with Crippen LogP contribution >= 0.6 is 0 Å². The lowest BCUT2D eigenvalue weighted by molar-refractivity contribution is -0.129. The van der Waals surface area contributed by atoms with Crippen molar-refractivity contribution < 1.29 is 14.3 Å². The van der Waals surface area contributed by atoms with E-state index in [9.17, 15) is 9.90 Å². The molecular weight excluding hydrogens is 244 g/mol. The summed E-state index contributed by atoms with van der Waals surface area (Å²) in [5.74, 6) is -0.0217. The minimum Gasteiger partial charge on any atom is -0.463 e. The molecule has 0 saturated carbocycles. The Balaban J connectivity index is 2.00. The van der Waals surface area contributed by atoms with Crippen LogP contribution in [-0.2, 0) is 4.79 Å². The van der Waals surface area contributed by atoms with Gasteiger partial charge in [0, 0.05) is 0 Å². The molecule has 0 fully saturated rings. The van der Waals surface area contributed by atoms with Crippen molar-refractivity contribution in [2.75, 3.05) is 0 Å². The smallest absolute Gasteiger partial charge is 0.273 e. The van der Waals surface area contributed by atoms with Crippen molar-refractivity contribution in [3.63, 3.8) is 0 Å². The molecule has 0 spiro atoms. The summed E-state index contributed by atoms with van der Waals surface area (Å²) in [6.45, 7) is 1.70. The fraction of sp³-hybridized carbons (Fsp3) is 0.143. The van der Waals surface area contributed by atoms with Crippen molar-refractivity contribution in [3.05, 3.63) is 60.1 Å². The minimum absolute atomic E-state index is 0.519. The van der Waals surface area contributed by atoms with Crippen LogP contribution in [0.25, 0.3) is 0 Å². The highest BCUT2D eigenvalue weighted by atomic mass is 16.3. The van der Waals surface area contributed by atoms with Gasteiger partial charge in [0.25, 0.3) is 5.91 Å². The van der Waals surface area contributed by atoms with Crippen molar-refractivity contribution in [1.82, 2.24) is 5.43 Å². The van der Waals surface area contributed by atoms with Crippen LogP contribution in [0.15, 0.2) is 58.2 Å². The number of furan rings is 1. The van der Waals surface area contributed by atoms with E-state index in [0.717, 1.165) is 0 Å². The zero-order valence-corrected chi connectivity index (χ0v) is 10.4. The lowest BCUT2D eigenvalue weighted by Crippen LogP contribution is -2.26. The van der Waals surface area contributed by atoms with Gasteiger partial charge in [0.05, 0.1) is 6.26 Å². The first-order valence-corrected chi connectivity index (χ1v) is 5.79. The zero-order chi connectivity index (χ0) is 13.7. The third kappa shape index (κ3) is 3.29. The third-order valence-corrected chi connectivity index (χ3v) is 2.58. The quantitative estimate of drug-likeness (QED) is 0.649. The van der Waals surface area contributed by atoms with E-state index in [1.165, 1.54) is 6.26 Å². The Bertz CT molecular complexity index is 562. The van der Waals surface area contributed by atoms with Gasteiger partial charge in [-0.05, 0) is 24.6 Å². The van der Waals surface area contributed by atoms with Crippen LogP contribution in [0.2, 0.25) is 0 Å². The monoisotopic (exact) mass is 258 g/mol. The molecule has 98 valence electrons. The first-order valence-electron chi connectivity index (χ1n) is 5.79. The molecule has 0 bridgehead atoms. The summed E-state index contributed by atoms with van der Waals surface area (Å²) >= 11 is 0. The lowest BCUT2D eigenvalue weighted by atomic mass is 10.1. The predicted molar refractivity (Wildman–Crippen MR) is 70.5 cm³/mol. The number of nitrogens with one attached hydrogen (secondary N) is 1. The highest BCUT2D eigenvalue weighted by molar-refractivity contribution is 5.97. The van der Waals surface area contributed by atoms with Gasteiger partial charge in [-0.1, -0.05) is 30.3 Å². The largest absolute Gasteiger partial charge is 0.463 e. The number of rotatable bonds is 4. The van der Waals surface area contributed by atoms with E-state index in [4.69, 9.17) is 4.42 Å². The number of hydrazone groups is 1. The topological polar surface area (TPSA) is 74.8 Å². The van der Waals surface area contributed by atoms with Gasteiger partial charge in [0.15, 0.2) is 6.10 Å². The number of aliphatic hydroxyl groups is 1. The summed E-state index contributed by atoms with van der Waals surface area (Å²) in [4.78, 5) is 11.7. The average Bonchev–Trinajstić information content (AvgIpc) is 2.98.